The summed E-state index contributed by atoms with van der Waals surface area (Å²) >= 11 is 0. The number of pyridine rings is 1. The normalized spacial score (nSPS) is 11.8. The standard InChI is InChI=1S/C10H18N4O2S/c1-9-5-4-6-10(13-9)11-7-8-12-17(15,16)14(2)3/h4-6,12H,7-8H2,1-3H3,(H,11,13). The fourth-order valence-corrected chi connectivity index (χ4v) is 1.76. The molecule has 17 heavy (non-hydrogen) atoms. The zero-order valence-electron chi connectivity index (χ0n) is 10.3. The predicted octanol–water partition coefficient (Wildman–Crippen LogP) is 0.198. The lowest BCUT2D eigenvalue weighted by atomic mass is 10.4. The molecule has 0 aromatic carbocycles. The van der Waals surface area contributed by atoms with Gasteiger partial charge in [0.2, 0.25) is 0 Å². The van der Waals surface area contributed by atoms with Gasteiger partial charge in [0.25, 0.3) is 10.2 Å². The number of hydrogen-bond acceptors (Lipinski definition) is 4. The third-order valence-electron chi connectivity index (χ3n) is 2.08. The number of anilines is 1. The van der Waals surface area contributed by atoms with Crippen LogP contribution in [0.2, 0.25) is 0 Å². The van der Waals surface area contributed by atoms with Crippen LogP contribution >= 0.6 is 0 Å². The molecule has 0 radical (unpaired) electrons. The molecular formula is C10H18N4O2S. The van der Waals surface area contributed by atoms with Gasteiger partial charge in [0.1, 0.15) is 5.82 Å². The Hall–Kier alpha value is -1.18. The molecule has 7 heteroatoms. The molecule has 0 spiro atoms. The maximum Gasteiger partial charge on any atom is 0.278 e. The van der Waals surface area contributed by atoms with Gasteiger partial charge in [-0.05, 0) is 19.1 Å². The van der Waals surface area contributed by atoms with Crippen LogP contribution in [0.1, 0.15) is 5.69 Å². The molecule has 1 rings (SSSR count). The molecule has 2 N–H and O–H groups in total. The lowest BCUT2D eigenvalue weighted by molar-refractivity contribution is 0.507. The van der Waals surface area contributed by atoms with Crippen molar-refractivity contribution in [2.45, 2.75) is 6.92 Å². The minimum Gasteiger partial charge on any atom is -0.369 e. The van der Waals surface area contributed by atoms with Crippen molar-refractivity contribution in [2.75, 3.05) is 32.5 Å². The predicted molar refractivity (Wildman–Crippen MR) is 68.1 cm³/mol. The molecule has 0 saturated carbocycles. The smallest absolute Gasteiger partial charge is 0.278 e. The van der Waals surface area contributed by atoms with E-state index in [1.165, 1.54) is 14.1 Å². The first-order chi connectivity index (χ1) is 7.92. The number of nitrogens with one attached hydrogen (secondary N) is 2. The number of aromatic nitrogens is 1. The largest absolute Gasteiger partial charge is 0.369 e. The molecule has 6 nitrogen and oxygen atoms in total. The van der Waals surface area contributed by atoms with Crippen LogP contribution in [0, 0.1) is 6.92 Å². The van der Waals surface area contributed by atoms with Gasteiger partial charge in [-0.2, -0.15) is 12.7 Å². The topological polar surface area (TPSA) is 74.3 Å². The van der Waals surface area contributed by atoms with Gasteiger partial charge in [0.05, 0.1) is 0 Å². The lowest BCUT2D eigenvalue weighted by Crippen LogP contribution is -2.38. The van der Waals surface area contributed by atoms with Gasteiger partial charge in [-0.25, -0.2) is 9.71 Å². The van der Waals surface area contributed by atoms with Crippen molar-refractivity contribution >= 4 is 16.0 Å². The van der Waals surface area contributed by atoms with Crippen molar-refractivity contribution in [1.82, 2.24) is 14.0 Å². The molecule has 0 aliphatic heterocycles. The number of aryl methyl sites for hydroxylation is 1. The Bertz CT molecular complexity index is 459. The van der Waals surface area contributed by atoms with Crippen LogP contribution in [0.25, 0.3) is 0 Å². The molecule has 1 heterocycles. The van der Waals surface area contributed by atoms with Crippen LogP contribution in [0.4, 0.5) is 5.82 Å². The molecule has 0 atom stereocenters. The quantitative estimate of drug-likeness (QED) is 0.715. The second kappa shape index (κ2) is 5.95. The van der Waals surface area contributed by atoms with E-state index in [-0.39, 0.29) is 0 Å². The second-order valence-electron chi connectivity index (χ2n) is 3.77. The van der Waals surface area contributed by atoms with Gasteiger partial charge in [-0.3, -0.25) is 0 Å². The van der Waals surface area contributed by atoms with Gasteiger partial charge < -0.3 is 5.32 Å². The minimum absolute atomic E-state index is 0.316. The van der Waals surface area contributed by atoms with E-state index in [2.05, 4.69) is 15.0 Å². The first-order valence-corrected chi connectivity index (χ1v) is 6.70. The Kier molecular flexibility index (Phi) is 4.86. The Morgan fingerprint density at radius 2 is 2.00 bits per heavy atom. The fraction of sp³-hybridized carbons (Fsp3) is 0.500. The summed E-state index contributed by atoms with van der Waals surface area (Å²) in [5.74, 6) is 0.744. The molecule has 0 aliphatic carbocycles. The average Bonchev–Trinajstić information content (AvgIpc) is 2.24. The summed E-state index contributed by atoms with van der Waals surface area (Å²) in [6, 6.07) is 5.64. The molecule has 0 saturated heterocycles. The van der Waals surface area contributed by atoms with Crippen LogP contribution in [0.5, 0.6) is 0 Å². The maximum absolute atomic E-state index is 11.4. The third-order valence-corrected chi connectivity index (χ3v) is 3.61. The zero-order valence-corrected chi connectivity index (χ0v) is 11.1. The van der Waals surface area contributed by atoms with Crippen molar-refractivity contribution < 1.29 is 8.42 Å². The minimum atomic E-state index is -3.34. The average molecular weight is 258 g/mol. The number of nitrogens with zero attached hydrogens (tertiary/aromatic N) is 2. The van der Waals surface area contributed by atoms with Crippen molar-refractivity contribution in [1.29, 1.82) is 0 Å². The number of rotatable bonds is 6. The summed E-state index contributed by atoms with van der Waals surface area (Å²) in [6.45, 7) is 2.71. The second-order valence-corrected chi connectivity index (χ2v) is 5.74. The van der Waals surface area contributed by atoms with E-state index in [1.54, 1.807) is 0 Å². The Morgan fingerprint density at radius 1 is 1.29 bits per heavy atom. The van der Waals surface area contributed by atoms with Crippen molar-refractivity contribution in [2.24, 2.45) is 0 Å². The van der Waals surface area contributed by atoms with E-state index < -0.39 is 10.2 Å². The summed E-state index contributed by atoms with van der Waals surface area (Å²) in [7, 11) is -0.370. The lowest BCUT2D eigenvalue weighted by Gasteiger charge is -2.12. The van der Waals surface area contributed by atoms with Crippen molar-refractivity contribution in [3.63, 3.8) is 0 Å². The van der Waals surface area contributed by atoms with Crippen molar-refractivity contribution in [3.8, 4) is 0 Å². The van der Waals surface area contributed by atoms with Crippen molar-refractivity contribution in [3.05, 3.63) is 23.9 Å². The van der Waals surface area contributed by atoms with Gasteiger partial charge in [-0.15, -0.1) is 0 Å². The van der Waals surface area contributed by atoms with Gasteiger partial charge in [0.15, 0.2) is 0 Å². The van der Waals surface area contributed by atoms with Crippen LogP contribution < -0.4 is 10.0 Å². The van der Waals surface area contributed by atoms with E-state index in [4.69, 9.17) is 0 Å². The van der Waals surface area contributed by atoms with Crippen LogP contribution in [0.3, 0.4) is 0 Å². The van der Waals surface area contributed by atoms with E-state index in [9.17, 15) is 8.42 Å². The monoisotopic (exact) mass is 258 g/mol. The highest BCUT2D eigenvalue weighted by Crippen LogP contribution is 2.02. The highest BCUT2D eigenvalue weighted by Gasteiger charge is 2.10. The van der Waals surface area contributed by atoms with E-state index in [0.29, 0.717) is 13.1 Å². The Balaban J connectivity index is 2.35. The van der Waals surface area contributed by atoms with Crippen LogP contribution in [-0.4, -0.2) is 44.9 Å². The molecule has 0 amide bonds. The molecule has 0 aliphatic rings. The molecular weight excluding hydrogens is 240 g/mol. The summed E-state index contributed by atoms with van der Waals surface area (Å²) in [5.41, 5.74) is 0.920. The summed E-state index contributed by atoms with van der Waals surface area (Å²) < 4.78 is 26.3. The van der Waals surface area contributed by atoms with E-state index >= 15 is 0 Å². The highest BCUT2D eigenvalue weighted by molar-refractivity contribution is 7.87. The number of hydrogen-bond donors (Lipinski definition) is 2. The van der Waals surface area contributed by atoms with E-state index in [1.807, 2.05) is 25.1 Å². The SMILES string of the molecule is Cc1cccc(NCCNS(=O)(=O)N(C)C)n1. The fourth-order valence-electron chi connectivity index (χ4n) is 1.14. The Morgan fingerprint density at radius 3 is 2.59 bits per heavy atom. The molecule has 96 valence electrons. The molecule has 1 aromatic heterocycles. The first kappa shape index (κ1) is 13.9. The van der Waals surface area contributed by atoms with Crippen LogP contribution in [0.15, 0.2) is 18.2 Å². The zero-order chi connectivity index (χ0) is 12.9. The molecule has 0 unspecified atom stereocenters. The molecule has 0 bridgehead atoms. The summed E-state index contributed by atoms with van der Waals surface area (Å²) in [6.07, 6.45) is 0. The molecule has 0 fully saturated rings. The highest BCUT2D eigenvalue weighted by atomic mass is 32.2. The Labute approximate surface area is 102 Å². The third kappa shape index (κ3) is 4.68. The van der Waals surface area contributed by atoms with Gasteiger partial charge >= 0.3 is 0 Å². The first-order valence-electron chi connectivity index (χ1n) is 5.26. The van der Waals surface area contributed by atoms with Gasteiger partial charge in [0, 0.05) is 32.9 Å². The van der Waals surface area contributed by atoms with Crippen LogP contribution in [-0.2, 0) is 10.2 Å². The maximum atomic E-state index is 11.4. The summed E-state index contributed by atoms with van der Waals surface area (Å²) in [5, 5.41) is 3.04. The molecule has 1 aromatic rings. The van der Waals surface area contributed by atoms with E-state index in [0.717, 1.165) is 15.8 Å². The summed E-state index contributed by atoms with van der Waals surface area (Å²) in [4.78, 5) is 4.24. The van der Waals surface area contributed by atoms with Gasteiger partial charge in [-0.1, -0.05) is 6.07 Å².